The molecule has 0 bridgehead atoms. The van der Waals surface area contributed by atoms with Gasteiger partial charge in [0, 0.05) is 31.2 Å². The zero-order chi connectivity index (χ0) is 15.1. The maximum atomic E-state index is 12.3. The van der Waals surface area contributed by atoms with E-state index in [9.17, 15) is 4.79 Å². The van der Waals surface area contributed by atoms with Crippen LogP contribution in [0.1, 0.15) is 48.5 Å². The van der Waals surface area contributed by atoms with Crippen LogP contribution in [0.25, 0.3) is 0 Å². The minimum Gasteiger partial charge on any atom is -0.380 e. The number of amides is 1. The fraction of sp³-hybridized carbons (Fsp3) is 0.933. The van der Waals surface area contributed by atoms with Crippen LogP contribution in [-0.2, 0) is 9.53 Å². The normalized spacial score (nSPS) is 12.8. The Kier molecular flexibility index (Phi) is 7.60. The molecule has 2 N–H and O–H groups in total. The predicted molar refractivity (Wildman–Crippen MR) is 80.2 cm³/mol. The molecule has 114 valence electrons. The van der Waals surface area contributed by atoms with Crippen molar-refractivity contribution in [1.82, 2.24) is 10.6 Å². The van der Waals surface area contributed by atoms with E-state index in [1.807, 2.05) is 20.8 Å². The second-order valence-corrected chi connectivity index (χ2v) is 6.50. The topological polar surface area (TPSA) is 50.4 Å². The van der Waals surface area contributed by atoms with Gasteiger partial charge in [0.1, 0.15) is 0 Å². The highest BCUT2D eigenvalue weighted by Crippen LogP contribution is 2.38. The summed E-state index contributed by atoms with van der Waals surface area (Å²) in [6.45, 7) is 17.1. The quantitative estimate of drug-likeness (QED) is 0.633. The van der Waals surface area contributed by atoms with Crippen molar-refractivity contribution in [3.05, 3.63) is 0 Å². The number of carbonyl (C=O) groups excluding carboxylic acids is 1. The number of carbonyl (C=O) groups is 1. The van der Waals surface area contributed by atoms with Crippen molar-refractivity contribution >= 4 is 5.91 Å². The van der Waals surface area contributed by atoms with Crippen LogP contribution in [0.15, 0.2) is 0 Å². The highest BCUT2D eigenvalue weighted by Gasteiger charge is 2.42. The fourth-order valence-corrected chi connectivity index (χ4v) is 1.59. The van der Waals surface area contributed by atoms with Gasteiger partial charge in [-0.15, -0.1) is 0 Å². The van der Waals surface area contributed by atoms with Crippen molar-refractivity contribution in [3.63, 3.8) is 0 Å². The summed E-state index contributed by atoms with van der Waals surface area (Å²) < 4.78 is 5.23. The van der Waals surface area contributed by atoms with Crippen LogP contribution in [-0.4, -0.2) is 38.3 Å². The van der Waals surface area contributed by atoms with E-state index in [0.717, 1.165) is 6.54 Å². The zero-order valence-corrected chi connectivity index (χ0v) is 13.7. The minimum absolute atomic E-state index is 0.0859. The average molecular weight is 272 g/mol. The second-order valence-electron chi connectivity index (χ2n) is 6.50. The molecule has 0 heterocycles. The first-order chi connectivity index (χ1) is 8.65. The molecular formula is C15H32N2O2. The summed E-state index contributed by atoms with van der Waals surface area (Å²) >= 11 is 0. The summed E-state index contributed by atoms with van der Waals surface area (Å²) in [4.78, 5) is 12.3. The molecule has 4 nitrogen and oxygen atoms in total. The largest absolute Gasteiger partial charge is 0.380 e. The van der Waals surface area contributed by atoms with E-state index in [1.54, 1.807) is 0 Å². The van der Waals surface area contributed by atoms with Gasteiger partial charge in [-0.1, -0.05) is 41.5 Å². The lowest BCUT2D eigenvalue weighted by Gasteiger charge is -2.41. The molecule has 0 aromatic heterocycles. The van der Waals surface area contributed by atoms with Crippen molar-refractivity contribution in [2.75, 3.05) is 26.3 Å². The molecule has 0 unspecified atom stereocenters. The smallest absolute Gasteiger partial charge is 0.226 e. The molecule has 0 rings (SSSR count). The van der Waals surface area contributed by atoms with Crippen LogP contribution in [0.3, 0.4) is 0 Å². The molecule has 0 fully saturated rings. The first-order valence-corrected chi connectivity index (χ1v) is 7.24. The van der Waals surface area contributed by atoms with E-state index in [1.165, 1.54) is 0 Å². The van der Waals surface area contributed by atoms with E-state index < -0.39 is 5.41 Å². The van der Waals surface area contributed by atoms with Crippen LogP contribution in [0.2, 0.25) is 0 Å². The first-order valence-electron chi connectivity index (χ1n) is 7.24. The van der Waals surface area contributed by atoms with Crippen molar-refractivity contribution in [2.45, 2.75) is 54.5 Å². The number of hydrogen-bond acceptors (Lipinski definition) is 3. The second kappa shape index (κ2) is 7.85. The van der Waals surface area contributed by atoms with Crippen molar-refractivity contribution in [1.29, 1.82) is 0 Å². The Hall–Kier alpha value is -0.610. The van der Waals surface area contributed by atoms with E-state index >= 15 is 0 Å². The van der Waals surface area contributed by atoms with Gasteiger partial charge < -0.3 is 15.4 Å². The summed E-state index contributed by atoms with van der Waals surface area (Å²) in [7, 11) is 0. The third-order valence-corrected chi connectivity index (χ3v) is 3.95. The van der Waals surface area contributed by atoms with Gasteiger partial charge in [-0.05, 0) is 12.3 Å². The summed E-state index contributed by atoms with van der Waals surface area (Å²) in [5.41, 5.74) is -0.548. The Bertz CT molecular complexity index is 273. The van der Waals surface area contributed by atoms with Gasteiger partial charge in [0.2, 0.25) is 5.91 Å². The molecule has 0 aliphatic rings. The van der Waals surface area contributed by atoms with Crippen LogP contribution in [0, 0.1) is 10.8 Å². The highest BCUT2D eigenvalue weighted by molar-refractivity contribution is 5.82. The minimum atomic E-state index is -0.429. The Balaban J connectivity index is 4.42. The Labute approximate surface area is 118 Å². The van der Waals surface area contributed by atoms with E-state index in [-0.39, 0.29) is 11.3 Å². The molecule has 0 atom stereocenters. The molecule has 0 spiro atoms. The van der Waals surface area contributed by atoms with E-state index in [2.05, 4.69) is 38.3 Å². The van der Waals surface area contributed by atoms with Gasteiger partial charge in [0.15, 0.2) is 0 Å². The van der Waals surface area contributed by atoms with Crippen molar-refractivity contribution in [3.8, 4) is 0 Å². The molecule has 0 saturated heterocycles. The molecule has 0 aliphatic carbocycles. The van der Waals surface area contributed by atoms with Crippen LogP contribution in [0.5, 0.6) is 0 Å². The summed E-state index contributed by atoms with van der Waals surface area (Å²) in [5.74, 6) is 0.0859. The lowest BCUT2D eigenvalue weighted by atomic mass is 9.67. The Morgan fingerprint density at radius 3 is 2.26 bits per heavy atom. The SMILES string of the molecule is CCOCCNC(=O)C(C)(C)C(C)(C)CNC(C)C. The summed E-state index contributed by atoms with van der Waals surface area (Å²) in [5, 5.41) is 6.38. The number of ether oxygens (including phenoxy) is 1. The van der Waals surface area contributed by atoms with Crippen molar-refractivity contribution in [2.24, 2.45) is 10.8 Å². The van der Waals surface area contributed by atoms with Gasteiger partial charge in [-0.2, -0.15) is 0 Å². The third-order valence-electron chi connectivity index (χ3n) is 3.95. The highest BCUT2D eigenvalue weighted by atomic mass is 16.5. The fourth-order valence-electron chi connectivity index (χ4n) is 1.59. The molecule has 1 amide bonds. The average Bonchev–Trinajstić information content (AvgIpc) is 2.31. The molecule has 0 aromatic rings. The zero-order valence-electron chi connectivity index (χ0n) is 13.7. The lowest BCUT2D eigenvalue weighted by molar-refractivity contribution is -0.135. The van der Waals surface area contributed by atoms with Gasteiger partial charge in [0.05, 0.1) is 6.61 Å². The first kappa shape index (κ1) is 18.4. The lowest BCUT2D eigenvalue weighted by Crippen LogP contribution is -2.51. The predicted octanol–water partition coefficient (Wildman–Crippen LogP) is 2.19. The monoisotopic (exact) mass is 272 g/mol. The molecular weight excluding hydrogens is 240 g/mol. The number of nitrogens with one attached hydrogen (secondary N) is 2. The Morgan fingerprint density at radius 2 is 1.79 bits per heavy atom. The number of rotatable bonds is 9. The molecule has 0 saturated carbocycles. The van der Waals surface area contributed by atoms with Crippen LogP contribution < -0.4 is 10.6 Å². The summed E-state index contributed by atoms with van der Waals surface area (Å²) in [6.07, 6.45) is 0. The molecule has 0 aromatic carbocycles. The van der Waals surface area contributed by atoms with Crippen LogP contribution in [0.4, 0.5) is 0 Å². The van der Waals surface area contributed by atoms with Crippen LogP contribution >= 0.6 is 0 Å². The summed E-state index contributed by atoms with van der Waals surface area (Å²) in [6, 6.07) is 0.427. The van der Waals surface area contributed by atoms with Gasteiger partial charge in [-0.3, -0.25) is 4.79 Å². The molecule has 19 heavy (non-hydrogen) atoms. The molecule has 4 heteroatoms. The van der Waals surface area contributed by atoms with E-state index in [4.69, 9.17) is 4.74 Å². The third kappa shape index (κ3) is 5.91. The van der Waals surface area contributed by atoms with E-state index in [0.29, 0.717) is 25.8 Å². The standard InChI is InChI=1S/C15H32N2O2/c1-8-19-10-9-16-13(18)15(6,7)14(4,5)11-17-12(2)3/h12,17H,8-11H2,1-7H3,(H,16,18). The van der Waals surface area contributed by atoms with Gasteiger partial charge >= 0.3 is 0 Å². The Morgan fingerprint density at radius 1 is 1.21 bits per heavy atom. The van der Waals surface area contributed by atoms with Gasteiger partial charge in [-0.25, -0.2) is 0 Å². The van der Waals surface area contributed by atoms with Crippen molar-refractivity contribution < 1.29 is 9.53 Å². The molecule has 0 radical (unpaired) electrons. The number of hydrogen-bond donors (Lipinski definition) is 2. The molecule has 0 aliphatic heterocycles. The van der Waals surface area contributed by atoms with Gasteiger partial charge in [0.25, 0.3) is 0 Å². The maximum absolute atomic E-state index is 12.3. The maximum Gasteiger partial charge on any atom is 0.226 e.